The zero-order chi connectivity index (χ0) is 18.7. The number of nitrogens with one attached hydrogen (secondary N) is 1. The van der Waals surface area contributed by atoms with E-state index in [9.17, 15) is 13.2 Å². The summed E-state index contributed by atoms with van der Waals surface area (Å²) in [6.45, 7) is 3.29. The molecule has 0 unspecified atom stereocenters. The summed E-state index contributed by atoms with van der Waals surface area (Å²) in [6.07, 6.45) is 0. The number of anilines is 1. The predicted molar refractivity (Wildman–Crippen MR) is 103 cm³/mol. The van der Waals surface area contributed by atoms with E-state index in [-0.39, 0.29) is 16.4 Å². The van der Waals surface area contributed by atoms with Crippen molar-refractivity contribution in [3.05, 3.63) is 58.1 Å². The Morgan fingerprint density at radius 2 is 1.77 bits per heavy atom. The molecule has 138 valence electrons. The van der Waals surface area contributed by atoms with Crippen LogP contribution in [0.2, 0.25) is 0 Å². The average molecular weight is 439 g/mol. The normalized spacial score (nSPS) is 15.6. The number of ether oxygens (including phenoxy) is 1. The summed E-state index contributed by atoms with van der Waals surface area (Å²) < 4.78 is 32.8. The Kier molecular flexibility index (Phi) is 5.76. The highest BCUT2D eigenvalue weighted by atomic mass is 79.9. The second-order valence-corrected chi connectivity index (χ2v) is 8.74. The van der Waals surface area contributed by atoms with E-state index in [1.165, 1.54) is 10.4 Å². The van der Waals surface area contributed by atoms with Crippen molar-refractivity contribution in [2.24, 2.45) is 0 Å². The number of halogens is 1. The summed E-state index contributed by atoms with van der Waals surface area (Å²) in [5.41, 5.74) is 2.02. The maximum absolute atomic E-state index is 12.9. The van der Waals surface area contributed by atoms with Gasteiger partial charge in [0.25, 0.3) is 5.91 Å². The van der Waals surface area contributed by atoms with Crippen LogP contribution < -0.4 is 5.32 Å². The zero-order valence-electron chi connectivity index (χ0n) is 14.2. The third-order valence-electron chi connectivity index (χ3n) is 4.09. The third-order valence-corrected chi connectivity index (χ3v) is 6.98. The lowest BCUT2D eigenvalue weighted by molar-refractivity contribution is 0.0730. The molecule has 8 heteroatoms. The molecule has 1 saturated heterocycles. The average Bonchev–Trinajstić information content (AvgIpc) is 2.64. The Labute approximate surface area is 161 Å². The number of carbonyl (C=O) groups excluding carboxylic acids is 1. The van der Waals surface area contributed by atoms with Gasteiger partial charge in [0, 0.05) is 28.8 Å². The highest BCUT2D eigenvalue weighted by Gasteiger charge is 2.29. The number of carbonyl (C=O) groups is 1. The van der Waals surface area contributed by atoms with Crippen LogP contribution in [0.1, 0.15) is 15.9 Å². The van der Waals surface area contributed by atoms with Gasteiger partial charge in [-0.25, -0.2) is 8.42 Å². The molecular weight excluding hydrogens is 420 g/mol. The van der Waals surface area contributed by atoms with E-state index in [1.54, 1.807) is 24.3 Å². The van der Waals surface area contributed by atoms with Gasteiger partial charge in [0.05, 0.1) is 18.1 Å². The number of benzene rings is 2. The Balaban J connectivity index is 1.87. The molecule has 0 bridgehead atoms. The number of hydrogen-bond donors (Lipinski definition) is 1. The SMILES string of the molecule is Cc1ccc(NC(=O)c2ccc(Br)c(S(=O)(=O)N3CCOCC3)c2)cc1. The van der Waals surface area contributed by atoms with Crippen LogP contribution in [0.4, 0.5) is 5.69 Å². The van der Waals surface area contributed by atoms with Crippen molar-refractivity contribution < 1.29 is 17.9 Å². The van der Waals surface area contributed by atoms with Gasteiger partial charge in [-0.05, 0) is 53.2 Å². The predicted octanol–water partition coefficient (Wildman–Crippen LogP) is 3.03. The van der Waals surface area contributed by atoms with E-state index in [2.05, 4.69) is 21.2 Å². The zero-order valence-corrected chi connectivity index (χ0v) is 16.6. The van der Waals surface area contributed by atoms with E-state index in [0.29, 0.717) is 36.5 Å². The van der Waals surface area contributed by atoms with Gasteiger partial charge in [0.15, 0.2) is 0 Å². The van der Waals surface area contributed by atoms with Crippen molar-refractivity contribution in [2.45, 2.75) is 11.8 Å². The molecule has 0 aromatic heterocycles. The molecule has 1 heterocycles. The van der Waals surface area contributed by atoms with Crippen LogP contribution in [0.3, 0.4) is 0 Å². The third kappa shape index (κ3) is 4.15. The Hall–Kier alpha value is -1.74. The number of sulfonamides is 1. The number of amides is 1. The van der Waals surface area contributed by atoms with Crippen LogP contribution in [0.25, 0.3) is 0 Å². The van der Waals surface area contributed by atoms with E-state index in [1.807, 2.05) is 19.1 Å². The molecule has 0 saturated carbocycles. The highest BCUT2D eigenvalue weighted by molar-refractivity contribution is 9.10. The lowest BCUT2D eigenvalue weighted by Crippen LogP contribution is -2.40. The molecule has 1 amide bonds. The van der Waals surface area contributed by atoms with Crippen molar-refractivity contribution >= 4 is 37.5 Å². The fraction of sp³-hybridized carbons (Fsp3) is 0.278. The van der Waals surface area contributed by atoms with Gasteiger partial charge < -0.3 is 10.1 Å². The van der Waals surface area contributed by atoms with Gasteiger partial charge in [-0.3, -0.25) is 4.79 Å². The molecule has 2 aromatic carbocycles. The molecule has 1 N–H and O–H groups in total. The van der Waals surface area contributed by atoms with E-state index >= 15 is 0 Å². The molecular formula is C18H19BrN2O4S. The number of hydrogen-bond acceptors (Lipinski definition) is 4. The monoisotopic (exact) mass is 438 g/mol. The second-order valence-electron chi connectivity index (χ2n) is 5.98. The molecule has 3 rings (SSSR count). The molecule has 0 aliphatic carbocycles. The standard InChI is InChI=1S/C18H19BrN2O4S/c1-13-2-5-15(6-3-13)20-18(22)14-4-7-16(19)17(12-14)26(23,24)21-8-10-25-11-9-21/h2-7,12H,8-11H2,1H3,(H,20,22). The summed E-state index contributed by atoms with van der Waals surface area (Å²) in [5, 5.41) is 2.78. The van der Waals surface area contributed by atoms with Crippen LogP contribution >= 0.6 is 15.9 Å². The molecule has 1 aliphatic rings. The molecule has 2 aromatic rings. The maximum atomic E-state index is 12.9. The summed E-state index contributed by atoms with van der Waals surface area (Å²) in [7, 11) is -3.70. The van der Waals surface area contributed by atoms with E-state index in [0.717, 1.165) is 5.56 Å². The summed E-state index contributed by atoms with van der Waals surface area (Å²) in [4.78, 5) is 12.6. The summed E-state index contributed by atoms with van der Waals surface area (Å²) in [6, 6.07) is 12.0. The fourth-order valence-electron chi connectivity index (χ4n) is 2.61. The molecule has 0 atom stereocenters. The minimum atomic E-state index is -3.70. The molecule has 26 heavy (non-hydrogen) atoms. The minimum absolute atomic E-state index is 0.0796. The quantitative estimate of drug-likeness (QED) is 0.795. The van der Waals surface area contributed by atoms with Gasteiger partial charge in [0.1, 0.15) is 0 Å². The second kappa shape index (κ2) is 7.87. The number of rotatable bonds is 4. The van der Waals surface area contributed by atoms with Crippen molar-refractivity contribution in [3.8, 4) is 0 Å². The first-order valence-electron chi connectivity index (χ1n) is 8.13. The first kappa shape index (κ1) is 19.0. The van der Waals surface area contributed by atoms with Crippen molar-refractivity contribution in [2.75, 3.05) is 31.6 Å². The van der Waals surface area contributed by atoms with Gasteiger partial charge in [0.2, 0.25) is 10.0 Å². The smallest absolute Gasteiger partial charge is 0.255 e. The molecule has 0 radical (unpaired) electrons. The number of morpholine rings is 1. The van der Waals surface area contributed by atoms with Crippen LogP contribution in [-0.2, 0) is 14.8 Å². The van der Waals surface area contributed by atoms with Gasteiger partial charge in [-0.1, -0.05) is 17.7 Å². The Bertz CT molecular complexity index is 907. The molecule has 1 fully saturated rings. The number of aryl methyl sites for hydroxylation is 1. The molecule has 1 aliphatic heterocycles. The minimum Gasteiger partial charge on any atom is -0.379 e. The van der Waals surface area contributed by atoms with Crippen LogP contribution in [0.15, 0.2) is 51.8 Å². The lowest BCUT2D eigenvalue weighted by Gasteiger charge is -2.26. The fourth-order valence-corrected chi connectivity index (χ4v) is 4.97. The van der Waals surface area contributed by atoms with Crippen LogP contribution in [0, 0.1) is 6.92 Å². The van der Waals surface area contributed by atoms with Gasteiger partial charge >= 0.3 is 0 Å². The van der Waals surface area contributed by atoms with Crippen molar-refractivity contribution in [1.82, 2.24) is 4.31 Å². The lowest BCUT2D eigenvalue weighted by atomic mass is 10.2. The Morgan fingerprint density at radius 1 is 1.12 bits per heavy atom. The van der Waals surface area contributed by atoms with Crippen molar-refractivity contribution in [3.63, 3.8) is 0 Å². The number of nitrogens with zero attached hydrogens (tertiary/aromatic N) is 1. The van der Waals surface area contributed by atoms with E-state index < -0.39 is 10.0 Å². The topological polar surface area (TPSA) is 75.7 Å². The molecule has 6 nitrogen and oxygen atoms in total. The Morgan fingerprint density at radius 3 is 2.42 bits per heavy atom. The largest absolute Gasteiger partial charge is 0.379 e. The summed E-state index contributed by atoms with van der Waals surface area (Å²) >= 11 is 3.29. The first-order chi connectivity index (χ1) is 12.4. The van der Waals surface area contributed by atoms with Crippen molar-refractivity contribution in [1.29, 1.82) is 0 Å². The van der Waals surface area contributed by atoms with Gasteiger partial charge in [-0.15, -0.1) is 0 Å². The highest BCUT2D eigenvalue weighted by Crippen LogP contribution is 2.27. The van der Waals surface area contributed by atoms with Crippen LogP contribution in [-0.4, -0.2) is 44.9 Å². The first-order valence-corrected chi connectivity index (χ1v) is 10.4. The summed E-state index contributed by atoms with van der Waals surface area (Å²) in [5.74, 6) is -0.361. The molecule has 0 spiro atoms. The van der Waals surface area contributed by atoms with Crippen LogP contribution in [0.5, 0.6) is 0 Å². The van der Waals surface area contributed by atoms with E-state index in [4.69, 9.17) is 4.74 Å². The van der Waals surface area contributed by atoms with Gasteiger partial charge in [-0.2, -0.15) is 4.31 Å². The maximum Gasteiger partial charge on any atom is 0.255 e.